The molecule has 3 N–H and O–H groups in total. The summed E-state index contributed by atoms with van der Waals surface area (Å²) in [5, 5.41) is 0. The molecule has 100 valence electrons. The summed E-state index contributed by atoms with van der Waals surface area (Å²) in [6.07, 6.45) is 3.93. The Hall–Kier alpha value is -1.27. The number of nitrogens with two attached hydrogens (primary N) is 1. The first-order valence-corrected chi connectivity index (χ1v) is 7.47. The molecule has 0 radical (unpaired) electrons. The standard InChI is InChI=1S/C12H18N2O3S/c1-17-11-7-6-9(13)8-12(11)18(15,16)14-10-4-2-3-5-10/h6-8,10,14H,2-5,13H2,1H3. The van der Waals surface area contributed by atoms with E-state index < -0.39 is 10.0 Å². The second kappa shape index (κ2) is 5.16. The van der Waals surface area contributed by atoms with Crippen LogP contribution >= 0.6 is 0 Å². The van der Waals surface area contributed by atoms with Crippen LogP contribution in [0.4, 0.5) is 5.69 Å². The molecule has 1 saturated carbocycles. The van der Waals surface area contributed by atoms with E-state index >= 15 is 0 Å². The number of nitrogens with one attached hydrogen (secondary N) is 1. The smallest absolute Gasteiger partial charge is 0.244 e. The molecule has 6 heteroatoms. The highest BCUT2D eigenvalue weighted by molar-refractivity contribution is 7.89. The Labute approximate surface area is 107 Å². The highest BCUT2D eigenvalue weighted by atomic mass is 32.2. The molecule has 0 aliphatic heterocycles. The molecule has 0 bridgehead atoms. The maximum Gasteiger partial charge on any atom is 0.244 e. The van der Waals surface area contributed by atoms with Crippen LogP contribution in [-0.2, 0) is 10.0 Å². The van der Waals surface area contributed by atoms with Crippen LogP contribution in [0.1, 0.15) is 25.7 Å². The van der Waals surface area contributed by atoms with Gasteiger partial charge in [0.2, 0.25) is 10.0 Å². The lowest BCUT2D eigenvalue weighted by Crippen LogP contribution is -2.32. The monoisotopic (exact) mass is 270 g/mol. The molecule has 0 amide bonds. The molecule has 0 saturated heterocycles. The van der Waals surface area contributed by atoms with Gasteiger partial charge < -0.3 is 10.5 Å². The van der Waals surface area contributed by atoms with Gasteiger partial charge in [0.15, 0.2) is 0 Å². The first kappa shape index (κ1) is 13.2. The molecule has 2 rings (SSSR count). The van der Waals surface area contributed by atoms with E-state index in [0.29, 0.717) is 11.4 Å². The fourth-order valence-corrected chi connectivity index (χ4v) is 3.74. The van der Waals surface area contributed by atoms with E-state index in [9.17, 15) is 8.42 Å². The molecule has 0 spiro atoms. The molecule has 0 aromatic heterocycles. The zero-order valence-electron chi connectivity index (χ0n) is 10.3. The summed E-state index contributed by atoms with van der Waals surface area (Å²) >= 11 is 0. The summed E-state index contributed by atoms with van der Waals surface area (Å²) in [4.78, 5) is 0.108. The van der Waals surface area contributed by atoms with Gasteiger partial charge in [-0.15, -0.1) is 0 Å². The van der Waals surface area contributed by atoms with Crippen LogP contribution in [0, 0.1) is 0 Å². The van der Waals surface area contributed by atoms with Crippen LogP contribution in [0.5, 0.6) is 5.75 Å². The first-order chi connectivity index (χ1) is 8.53. The van der Waals surface area contributed by atoms with E-state index in [1.807, 2.05) is 0 Å². The van der Waals surface area contributed by atoms with E-state index in [4.69, 9.17) is 10.5 Å². The minimum Gasteiger partial charge on any atom is -0.495 e. The fourth-order valence-electron chi connectivity index (χ4n) is 2.23. The molecule has 1 aromatic carbocycles. The van der Waals surface area contributed by atoms with Gasteiger partial charge in [0.1, 0.15) is 10.6 Å². The van der Waals surface area contributed by atoms with Gasteiger partial charge >= 0.3 is 0 Å². The molecule has 1 aromatic rings. The number of benzene rings is 1. The molecule has 5 nitrogen and oxygen atoms in total. The van der Waals surface area contributed by atoms with Crippen LogP contribution in [0.3, 0.4) is 0 Å². The molecule has 0 atom stereocenters. The van der Waals surface area contributed by atoms with Crippen molar-refractivity contribution in [3.8, 4) is 5.75 Å². The van der Waals surface area contributed by atoms with Crippen molar-refractivity contribution >= 4 is 15.7 Å². The molecule has 0 unspecified atom stereocenters. The van der Waals surface area contributed by atoms with Crippen molar-refractivity contribution < 1.29 is 13.2 Å². The van der Waals surface area contributed by atoms with E-state index in [0.717, 1.165) is 25.7 Å². The summed E-state index contributed by atoms with van der Waals surface area (Å²) in [6.45, 7) is 0. The van der Waals surface area contributed by atoms with Gasteiger partial charge in [-0.05, 0) is 31.0 Å². The average Bonchev–Trinajstić information content (AvgIpc) is 2.81. The largest absolute Gasteiger partial charge is 0.495 e. The molecular weight excluding hydrogens is 252 g/mol. The molecule has 1 fully saturated rings. The SMILES string of the molecule is COc1ccc(N)cc1S(=O)(=O)NC1CCCC1. The van der Waals surface area contributed by atoms with Crippen LogP contribution in [0.25, 0.3) is 0 Å². The molecular formula is C12H18N2O3S. The number of ether oxygens (including phenoxy) is 1. The van der Waals surface area contributed by atoms with Crippen LogP contribution in [0.15, 0.2) is 23.1 Å². The zero-order chi connectivity index (χ0) is 13.2. The van der Waals surface area contributed by atoms with Gasteiger partial charge in [-0.25, -0.2) is 13.1 Å². The van der Waals surface area contributed by atoms with E-state index in [2.05, 4.69) is 4.72 Å². The molecule has 1 aliphatic carbocycles. The topological polar surface area (TPSA) is 81.4 Å². The van der Waals surface area contributed by atoms with E-state index in [1.54, 1.807) is 12.1 Å². The average molecular weight is 270 g/mol. The Morgan fingerprint density at radius 1 is 1.33 bits per heavy atom. The number of hydrogen-bond acceptors (Lipinski definition) is 4. The zero-order valence-corrected chi connectivity index (χ0v) is 11.2. The number of methoxy groups -OCH3 is 1. The summed E-state index contributed by atoms with van der Waals surface area (Å²) < 4.78 is 32.3. The Bertz CT molecular complexity index is 522. The normalized spacial score (nSPS) is 16.9. The second-order valence-electron chi connectivity index (χ2n) is 4.51. The lowest BCUT2D eigenvalue weighted by Gasteiger charge is -2.15. The summed E-state index contributed by atoms with van der Waals surface area (Å²) in [5.41, 5.74) is 6.04. The maximum absolute atomic E-state index is 12.3. The predicted octanol–water partition coefficient (Wildman–Crippen LogP) is 1.50. The highest BCUT2D eigenvalue weighted by Crippen LogP contribution is 2.27. The van der Waals surface area contributed by atoms with Crippen molar-refractivity contribution in [2.75, 3.05) is 12.8 Å². The lowest BCUT2D eigenvalue weighted by atomic mass is 10.3. The van der Waals surface area contributed by atoms with Crippen LogP contribution in [0.2, 0.25) is 0 Å². The van der Waals surface area contributed by atoms with Crippen molar-refractivity contribution in [2.24, 2.45) is 0 Å². The van der Waals surface area contributed by atoms with E-state index in [-0.39, 0.29) is 10.9 Å². The third-order valence-corrected chi connectivity index (χ3v) is 4.70. The Kier molecular flexibility index (Phi) is 3.77. The van der Waals surface area contributed by atoms with Gasteiger partial charge in [-0.2, -0.15) is 0 Å². The predicted molar refractivity (Wildman–Crippen MR) is 70.0 cm³/mol. The van der Waals surface area contributed by atoms with Crippen molar-refractivity contribution in [3.63, 3.8) is 0 Å². The highest BCUT2D eigenvalue weighted by Gasteiger charge is 2.25. The number of nitrogen functional groups attached to an aromatic ring is 1. The summed E-state index contributed by atoms with van der Waals surface area (Å²) in [6, 6.07) is 4.64. The van der Waals surface area contributed by atoms with Gasteiger partial charge in [-0.1, -0.05) is 12.8 Å². The summed E-state index contributed by atoms with van der Waals surface area (Å²) in [5.74, 6) is 0.315. The van der Waals surface area contributed by atoms with Gasteiger partial charge in [0.25, 0.3) is 0 Å². The Balaban J connectivity index is 2.30. The quantitative estimate of drug-likeness (QED) is 0.812. The van der Waals surface area contributed by atoms with Crippen LogP contribution in [-0.4, -0.2) is 21.6 Å². The van der Waals surface area contributed by atoms with Crippen molar-refractivity contribution in [3.05, 3.63) is 18.2 Å². The number of sulfonamides is 1. The second-order valence-corrected chi connectivity index (χ2v) is 6.20. The maximum atomic E-state index is 12.3. The van der Waals surface area contributed by atoms with Crippen LogP contribution < -0.4 is 15.2 Å². The number of anilines is 1. The third kappa shape index (κ3) is 2.76. The third-order valence-electron chi connectivity index (χ3n) is 3.15. The van der Waals surface area contributed by atoms with Gasteiger partial charge in [-0.3, -0.25) is 0 Å². The minimum absolute atomic E-state index is 0.0288. The molecule has 0 heterocycles. The number of hydrogen-bond donors (Lipinski definition) is 2. The lowest BCUT2D eigenvalue weighted by molar-refractivity contribution is 0.402. The van der Waals surface area contributed by atoms with Gasteiger partial charge in [0.05, 0.1) is 7.11 Å². The van der Waals surface area contributed by atoms with Crippen molar-refractivity contribution in [1.82, 2.24) is 4.72 Å². The minimum atomic E-state index is -3.56. The van der Waals surface area contributed by atoms with Gasteiger partial charge in [0, 0.05) is 11.7 Å². The Morgan fingerprint density at radius 3 is 2.61 bits per heavy atom. The van der Waals surface area contributed by atoms with Crippen molar-refractivity contribution in [1.29, 1.82) is 0 Å². The van der Waals surface area contributed by atoms with E-state index in [1.165, 1.54) is 13.2 Å². The van der Waals surface area contributed by atoms with Crippen molar-refractivity contribution in [2.45, 2.75) is 36.6 Å². The molecule has 1 aliphatic rings. The molecule has 18 heavy (non-hydrogen) atoms. The fraction of sp³-hybridized carbons (Fsp3) is 0.500. The number of rotatable bonds is 4. The first-order valence-electron chi connectivity index (χ1n) is 5.99. The summed E-state index contributed by atoms with van der Waals surface area (Å²) in [7, 11) is -2.12. The Morgan fingerprint density at radius 2 is 2.00 bits per heavy atom.